The van der Waals surface area contributed by atoms with Gasteiger partial charge in [0.15, 0.2) is 0 Å². The zero-order chi connectivity index (χ0) is 15.1. The molecule has 0 spiro atoms. The molecule has 2 N–H and O–H groups in total. The number of carboxylic acid groups (broad SMARTS) is 1. The Morgan fingerprint density at radius 3 is 2.55 bits per heavy atom. The van der Waals surface area contributed by atoms with Crippen LogP contribution in [0.5, 0.6) is 0 Å². The highest BCUT2D eigenvalue weighted by atomic mass is 16.5. The van der Waals surface area contributed by atoms with Crippen LogP contribution < -0.4 is 5.32 Å². The first-order chi connectivity index (χ1) is 9.43. The molecule has 7 heteroatoms. The molecule has 0 heterocycles. The molecule has 1 fully saturated rings. The van der Waals surface area contributed by atoms with E-state index in [2.05, 4.69) is 5.32 Å². The highest BCUT2D eigenvalue weighted by Crippen LogP contribution is 2.34. The molecule has 0 aromatic carbocycles. The molecule has 1 rings (SSSR count). The summed E-state index contributed by atoms with van der Waals surface area (Å²) in [4.78, 5) is 35.2. The molecule has 1 aliphatic rings. The van der Waals surface area contributed by atoms with Crippen LogP contribution in [0.3, 0.4) is 0 Å². The Labute approximate surface area is 118 Å². The summed E-state index contributed by atoms with van der Waals surface area (Å²) in [5, 5.41) is 11.5. The van der Waals surface area contributed by atoms with E-state index >= 15 is 0 Å². The van der Waals surface area contributed by atoms with E-state index in [1.54, 1.807) is 14.0 Å². The third-order valence-corrected chi connectivity index (χ3v) is 3.20. The fourth-order valence-electron chi connectivity index (χ4n) is 1.88. The van der Waals surface area contributed by atoms with E-state index in [1.165, 1.54) is 4.90 Å². The van der Waals surface area contributed by atoms with E-state index in [1.807, 2.05) is 0 Å². The number of rotatable bonds is 8. The van der Waals surface area contributed by atoms with E-state index in [4.69, 9.17) is 9.84 Å². The number of nitrogens with zero attached hydrogens (tertiary/aromatic N) is 1. The summed E-state index contributed by atoms with van der Waals surface area (Å²) < 4.78 is 4.78. The van der Waals surface area contributed by atoms with Gasteiger partial charge in [0.1, 0.15) is 0 Å². The molecule has 20 heavy (non-hydrogen) atoms. The number of carbonyl (C=O) groups is 3. The largest absolute Gasteiger partial charge is 0.481 e. The first-order valence-corrected chi connectivity index (χ1v) is 6.83. The third-order valence-electron chi connectivity index (χ3n) is 3.20. The molecule has 114 valence electrons. The maximum atomic E-state index is 11.9. The molecule has 0 aliphatic heterocycles. The number of hydrogen-bond acceptors (Lipinski definition) is 4. The van der Waals surface area contributed by atoms with Gasteiger partial charge in [-0.3, -0.25) is 9.59 Å². The van der Waals surface area contributed by atoms with E-state index < -0.39 is 5.97 Å². The van der Waals surface area contributed by atoms with Crippen molar-refractivity contribution in [2.75, 3.05) is 20.2 Å². The highest BCUT2D eigenvalue weighted by molar-refractivity contribution is 5.77. The van der Waals surface area contributed by atoms with Crippen LogP contribution in [0.15, 0.2) is 0 Å². The van der Waals surface area contributed by atoms with Gasteiger partial charge in [0.05, 0.1) is 19.4 Å². The van der Waals surface area contributed by atoms with Crippen LogP contribution in [0.4, 0.5) is 4.79 Å². The predicted molar refractivity (Wildman–Crippen MR) is 71.2 cm³/mol. The maximum absolute atomic E-state index is 11.9. The lowest BCUT2D eigenvalue weighted by Gasteiger charge is -2.22. The maximum Gasteiger partial charge on any atom is 0.317 e. The van der Waals surface area contributed by atoms with E-state index in [9.17, 15) is 14.4 Å². The molecule has 7 nitrogen and oxygen atoms in total. The fraction of sp³-hybridized carbons (Fsp3) is 0.769. The average molecular weight is 286 g/mol. The highest BCUT2D eigenvalue weighted by Gasteiger charge is 2.34. The molecule has 1 aliphatic carbocycles. The molecular formula is C13H22N2O5. The van der Waals surface area contributed by atoms with Gasteiger partial charge in [-0.05, 0) is 25.7 Å². The van der Waals surface area contributed by atoms with Crippen molar-refractivity contribution in [3.05, 3.63) is 0 Å². The van der Waals surface area contributed by atoms with E-state index in [0.29, 0.717) is 6.61 Å². The number of carboxylic acids is 1. The zero-order valence-electron chi connectivity index (χ0n) is 11.9. The van der Waals surface area contributed by atoms with Crippen molar-refractivity contribution in [2.45, 2.75) is 38.6 Å². The van der Waals surface area contributed by atoms with E-state index in [-0.39, 0.29) is 43.3 Å². The van der Waals surface area contributed by atoms with Gasteiger partial charge < -0.3 is 20.1 Å². The van der Waals surface area contributed by atoms with Crippen LogP contribution >= 0.6 is 0 Å². The van der Waals surface area contributed by atoms with Crippen molar-refractivity contribution < 1.29 is 24.2 Å². The van der Waals surface area contributed by atoms with Crippen LogP contribution in [0.25, 0.3) is 0 Å². The van der Waals surface area contributed by atoms with Gasteiger partial charge in [0.25, 0.3) is 0 Å². The Balaban J connectivity index is 2.35. The predicted octanol–water partition coefficient (Wildman–Crippen LogP) is 0.834. The lowest BCUT2D eigenvalue weighted by atomic mass is 10.1. The van der Waals surface area contributed by atoms with Crippen molar-refractivity contribution >= 4 is 18.0 Å². The number of amides is 2. The lowest BCUT2D eigenvalue weighted by molar-refractivity contribution is -0.143. The summed E-state index contributed by atoms with van der Waals surface area (Å²) >= 11 is 0. The zero-order valence-corrected chi connectivity index (χ0v) is 11.9. The van der Waals surface area contributed by atoms with Gasteiger partial charge in [-0.15, -0.1) is 0 Å². The Morgan fingerprint density at radius 2 is 2.05 bits per heavy atom. The number of ether oxygens (including phenoxy) is 1. The van der Waals surface area contributed by atoms with Crippen LogP contribution in [0.1, 0.15) is 32.6 Å². The van der Waals surface area contributed by atoms with Gasteiger partial charge in [0.2, 0.25) is 0 Å². The van der Waals surface area contributed by atoms with Gasteiger partial charge >= 0.3 is 18.0 Å². The van der Waals surface area contributed by atoms with Crippen molar-refractivity contribution in [1.82, 2.24) is 10.2 Å². The number of urea groups is 1. The van der Waals surface area contributed by atoms with Crippen LogP contribution in [-0.4, -0.2) is 54.2 Å². The minimum absolute atomic E-state index is 0.0673. The number of esters is 1. The Kier molecular flexibility index (Phi) is 6.27. The van der Waals surface area contributed by atoms with Crippen molar-refractivity contribution in [2.24, 2.45) is 5.92 Å². The molecule has 0 saturated heterocycles. The van der Waals surface area contributed by atoms with Crippen molar-refractivity contribution in [3.63, 3.8) is 0 Å². The number of aliphatic carboxylic acids is 1. The first-order valence-electron chi connectivity index (χ1n) is 6.83. The number of hydrogen-bond donors (Lipinski definition) is 2. The Bertz CT molecular complexity index is 368. The van der Waals surface area contributed by atoms with Gasteiger partial charge in [-0.25, -0.2) is 4.79 Å². The summed E-state index contributed by atoms with van der Waals surface area (Å²) in [6, 6.07) is -0.683. The summed E-state index contributed by atoms with van der Waals surface area (Å²) in [7, 11) is 1.57. The SMILES string of the molecule is CCOC(=O)CCN(C)C(=O)NC(CC(=O)O)C1CC1. The quantitative estimate of drug-likeness (QED) is 0.644. The van der Waals surface area contributed by atoms with Crippen molar-refractivity contribution in [1.29, 1.82) is 0 Å². The topological polar surface area (TPSA) is 95.9 Å². The molecule has 1 atom stereocenters. The third kappa shape index (κ3) is 5.90. The Hall–Kier alpha value is -1.79. The molecular weight excluding hydrogens is 264 g/mol. The summed E-state index contributed by atoms with van der Waals surface area (Å²) in [5.41, 5.74) is 0. The van der Waals surface area contributed by atoms with Gasteiger partial charge in [-0.2, -0.15) is 0 Å². The molecule has 2 amide bonds. The second-order valence-corrected chi connectivity index (χ2v) is 4.97. The minimum Gasteiger partial charge on any atom is -0.481 e. The first kappa shape index (κ1) is 16.3. The molecule has 0 bridgehead atoms. The molecule has 0 radical (unpaired) electrons. The average Bonchev–Trinajstić information content (AvgIpc) is 3.19. The fourth-order valence-corrected chi connectivity index (χ4v) is 1.88. The monoisotopic (exact) mass is 286 g/mol. The summed E-state index contributed by atoms with van der Waals surface area (Å²) in [6.45, 7) is 2.28. The smallest absolute Gasteiger partial charge is 0.317 e. The molecule has 1 saturated carbocycles. The minimum atomic E-state index is -0.920. The van der Waals surface area contributed by atoms with Gasteiger partial charge in [0, 0.05) is 19.6 Å². The molecule has 0 aromatic heterocycles. The van der Waals surface area contributed by atoms with Crippen LogP contribution in [0, 0.1) is 5.92 Å². The Morgan fingerprint density at radius 1 is 1.40 bits per heavy atom. The summed E-state index contributed by atoms with van der Waals surface area (Å²) in [5.74, 6) is -1.01. The second-order valence-electron chi connectivity index (χ2n) is 4.97. The number of nitrogens with one attached hydrogen (secondary N) is 1. The standard InChI is InChI=1S/C13H22N2O5/c1-3-20-12(18)6-7-15(2)13(19)14-10(8-11(16)17)9-4-5-9/h9-10H,3-8H2,1-2H3,(H,14,19)(H,16,17). The summed E-state index contributed by atoms with van der Waals surface area (Å²) in [6.07, 6.45) is 1.96. The van der Waals surface area contributed by atoms with Crippen molar-refractivity contribution in [3.8, 4) is 0 Å². The molecule has 1 unspecified atom stereocenters. The van der Waals surface area contributed by atoms with E-state index in [0.717, 1.165) is 12.8 Å². The number of carbonyl (C=O) groups excluding carboxylic acids is 2. The van der Waals surface area contributed by atoms with Gasteiger partial charge in [-0.1, -0.05) is 0 Å². The second kappa shape index (κ2) is 7.72. The van der Waals surface area contributed by atoms with Crippen LogP contribution in [0.2, 0.25) is 0 Å². The van der Waals surface area contributed by atoms with Crippen LogP contribution in [-0.2, 0) is 14.3 Å². The lowest BCUT2D eigenvalue weighted by Crippen LogP contribution is -2.45. The molecule has 0 aromatic rings. The normalized spacial score (nSPS) is 15.3.